The molecule has 2 fully saturated rings. The van der Waals surface area contributed by atoms with Crippen LogP contribution in [0.1, 0.15) is 48.8 Å². The van der Waals surface area contributed by atoms with E-state index in [1.165, 1.54) is 4.57 Å². The number of piperidine rings is 1. The molecule has 212 valence electrons. The molecule has 4 aromatic rings. The number of anilines is 1. The molecule has 3 aromatic heterocycles. The average Bonchev–Trinajstić information content (AvgIpc) is 3.64. The molecule has 0 spiro atoms. The number of nitrogens with zero attached hydrogens (tertiary/aromatic N) is 7. The molecule has 1 aromatic carbocycles. The second-order valence-electron chi connectivity index (χ2n) is 10.8. The zero-order chi connectivity index (χ0) is 28.7. The van der Waals surface area contributed by atoms with Crippen LogP contribution >= 0.6 is 0 Å². The van der Waals surface area contributed by atoms with Gasteiger partial charge in [0.15, 0.2) is 0 Å². The normalized spacial score (nSPS) is 17.3. The largest absolute Gasteiger partial charge is 0.356 e. The lowest BCUT2D eigenvalue weighted by molar-refractivity contribution is 0.0794. The van der Waals surface area contributed by atoms with Crippen LogP contribution in [0.15, 0.2) is 40.1 Å². The van der Waals surface area contributed by atoms with Crippen molar-refractivity contribution in [2.24, 2.45) is 12.8 Å². The zero-order valence-corrected chi connectivity index (χ0v) is 23.5. The standard InChI is InChI=1S/C30H34N8O3/c1-3-4-16-37-26-25(24(28(39)35-13-7-8-14-35)27(37)36-15-9-11-21(31)18-36)34(2)30(41)38(29(26)40)19-23-32-17-20-10-5-6-12-22(20)33-23/h5-6,10,12,17,21H,7-9,11,13-16,18-19,31H2,1-2H3/t21-/m1/s1. The molecular formula is C30H34N8O3. The van der Waals surface area contributed by atoms with Gasteiger partial charge in [-0.1, -0.05) is 24.1 Å². The zero-order valence-electron chi connectivity index (χ0n) is 23.5. The van der Waals surface area contributed by atoms with Crippen LogP contribution in [0.2, 0.25) is 0 Å². The Hall–Kier alpha value is -4.43. The fourth-order valence-electron chi connectivity index (χ4n) is 6.11. The topological polar surface area (TPSA) is 124 Å². The minimum atomic E-state index is -0.532. The van der Waals surface area contributed by atoms with Gasteiger partial charge in [0.2, 0.25) is 0 Å². The summed E-state index contributed by atoms with van der Waals surface area (Å²) in [6.45, 7) is 4.36. The quantitative estimate of drug-likeness (QED) is 0.372. The first-order valence-electron chi connectivity index (χ1n) is 14.1. The highest BCUT2D eigenvalue weighted by Gasteiger charge is 2.35. The summed E-state index contributed by atoms with van der Waals surface area (Å²) in [5.41, 5.74) is 7.06. The van der Waals surface area contributed by atoms with E-state index in [4.69, 9.17) is 5.73 Å². The average molecular weight is 555 g/mol. The lowest BCUT2D eigenvalue weighted by Crippen LogP contribution is -2.44. The molecule has 1 atom stereocenters. The number of carbonyl (C=O) groups excluding carboxylic acids is 1. The van der Waals surface area contributed by atoms with Crippen molar-refractivity contribution >= 4 is 33.7 Å². The second-order valence-corrected chi connectivity index (χ2v) is 10.8. The molecule has 41 heavy (non-hydrogen) atoms. The molecule has 11 nitrogen and oxygen atoms in total. The summed E-state index contributed by atoms with van der Waals surface area (Å²) in [7, 11) is 1.62. The molecule has 0 unspecified atom stereocenters. The SMILES string of the molecule is CC#CCn1c(N2CCC[C@@H](N)C2)c(C(=O)N2CCCC2)c2c1c(=O)n(Cc1ncc3ccccc3n1)c(=O)n2C. The minimum Gasteiger partial charge on any atom is -0.356 e. The van der Waals surface area contributed by atoms with Crippen LogP contribution in [0, 0.1) is 11.8 Å². The van der Waals surface area contributed by atoms with Crippen molar-refractivity contribution in [3.63, 3.8) is 0 Å². The van der Waals surface area contributed by atoms with Gasteiger partial charge in [-0.2, -0.15) is 0 Å². The number of aromatic nitrogens is 5. The molecule has 6 rings (SSSR count). The Kier molecular flexibility index (Phi) is 7.09. The minimum absolute atomic E-state index is 0.0623. The maximum atomic E-state index is 14.3. The Morgan fingerprint density at radius 2 is 1.85 bits per heavy atom. The third-order valence-corrected chi connectivity index (χ3v) is 8.13. The summed E-state index contributed by atoms with van der Waals surface area (Å²) < 4.78 is 4.38. The van der Waals surface area contributed by atoms with Crippen LogP contribution in [0.4, 0.5) is 5.82 Å². The van der Waals surface area contributed by atoms with Crippen molar-refractivity contribution in [1.82, 2.24) is 28.6 Å². The van der Waals surface area contributed by atoms with E-state index in [1.54, 1.807) is 20.2 Å². The van der Waals surface area contributed by atoms with Crippen molar-refractivity contribution in [3.8, 4) is 11.8 Å². The number of amides is 1. The Morgan fingerprint density at radius 3 is 2.61 bits per heavy atom. The van der Waals surface area contributed by atoms with Gasteiger partial charge in [-0.15, -0.1) is 5.92 Å². The van der Waals surface area contributed by atoms with Gasteiger partial charge in [-0.25, -0.2) is 14.8 Å². The highest BCUT2D eigenvalue weighted by molar-refractivity contribution is 6.11. The van der Waals surface area contributed by atoms with Gasteiger partial charge in [0.1, 0.15) is 22.7 Å². The highest BCUT2D eigenvalue weighted by Crippen LogP contribution is 2.34. The summed E-state index contributed by atoms with van der Waals surface area (Å²) in [5.74, 6) is 6.81. The summed E-state index contributed by atoms with van der Waals surface area (Å²) in [6.07, 6.45) is 5.29. The molecule has 5 heterocycles. The van der Waals surface area contributed by atoms with Gasteiger partial charge < -0.3 is 20.1 Å². The number of likely N-dealkylation sites (tertiary alicyclic amines) is 1. The smallest absolute Gasteiger partial charge is 0.331 e. The van der Waals surface area contributed by atoms with E-state index in [0.717, 1.165) is 41.2 Å². The van der Waals surface area contributed by atoms with Crippen LogP contribution in [0.5, 0.6) is 0 Å². The lowest BCUT2D eigenvalue weighted by Gasteiger charge is -2.34. The van der Waals surface area contributed by atoms with Crippen molar-refractivity contribution < 1.29 is 4.79 Å². The molecule has 2 aliphatic heterocycles. The molecule has 11 heteroatoms. The predicted molar refractivity (Wildman–Crippen MR) is 158 cm³/mol. The summed E-state index contributed by atoms with van der Waals surface area (Å²) in [5, 5.41) is 0.869. The van der Waals surface area contributed by atoms with Crippen LogP contribution in [-0.4, -0.2) is 66.7 Å². The van der Waals surface area contributed by atoms with Crippen LogP contribution in [0.3, 0.4) is 0 Å². The Bertz CT molecular complexity index is 1830. The van der Waals surface area contributed by atoms with Gasteiger partial charge in [-0.3, -0.25) is 18.7 Å². The third kappa shape index (κ3) is 4.68. The molecular weight excluding hydrogens is 520 g/mol. The van der Waals surface area contributed by atoms with Gasteiger partial charge in [-0.05, 0) is 38.7 Å². The Balaban J connectivity index is 1.61. The summed E-state index contributed by atoms with van der Waals surface area (Å²) in [4.78, 5) is 55.1. The summed E-state index contributed by atoms with van der Waals surface area (Å²) >= 11 is 0. The number of benzene rings is 1. The van der Waals surface area contributed by atoms with E-state index in [1.807, 2.05) is 33.7 Å². The lowest BCUT2D eigenvalue weighted by atomic mass is 10.1. The molecule has 2 aliphatic rings. The van der Waals surface area contributed by atoms with E-state index in [9.17, 15) is 14.4 Å². The second kappa shape index (κ2) is 10.9. The van der Waals surface area contributed by atoms with Gasteiger partial charge in [0.05, 0.1) is 24.1 Å². The first-order valence-corrected chi connectivity index (χ1v) is 14.1. The maximum absolute atomic E-state index is 14.3. The molecule has 2 saturated heterocycles. The Labute approximate surface area is 237 Å². The fourth-order valence-corrected chi connectivity index (χ4v) is 6.11. The van der Waals surface area contributed by atoms with Crippen molar-refractivity contribution in [2.45, 2.75) is 51.7 Å². The number of fused-ring (bicyclic) bond motifs is 2. The van der Waals surface area contributed by atoms with E-state index < -0.39 is 11.2 Å². The number of hydrogen-bond acceptors (Lipinski definition) is 7. The van der Waals surface area contributed by atoms with Crippen molar-refractivity contribution in [2.75, 3.05) is 31.1 Å². The first-order chi connectivity index (χ1) is 19.9. The maximum Gasteiger partial charge on any atom is 0.331 e. The molecule has 2 N–H and O–H groups in total. The number of rotatable bonds is 5. The highest BCUT2D eigenvalue weighted by atomic mass is 16.2. The van der Waals surface area contributed by atoms with E-state index in [-0.39, 0.29) is 30.6 Å². The third-order valence-electron chi connectivity index (χ3n) is 8.13. The molecule has 1 amide bonds. The van der Waals surface area contributed by atoms with E-state index >= 15 is 0 Å². The van der Waals surface area contributed by atoms with Gasteiger partial charge in [0, 0.05) is 50.9 Å². The van der Waals surface area contributed by atoms with Crippen LogP contribution < -0.4 is 21.9 Å². The number of carbonyl (C=O) groups is 1. The monoisotopic (exact) mass is 554 g/mol. The van der Waals surface area contributed by atoms with Crippen molar-refractivity contribution in [3.05, 3.63) is 62.7 Å². The van der Waals surface area contributed by atoms with Crippen molar-refractivity contribution in [1.29, 1.82) is 0 Å². The molecule has 0 saturated carbocycles. The van der Waals surface area contributed by atoms with E-state index in [2.05, 4.69) is 26.7 Å². The molecule has 0 bridgehead atoms. The number of aryl methyl sites for hydroxylation is 1. The first kappa shape index (κ1) is 26.8. The molecule has 0 radical (unpaired) electrons. The number of hydrogen-bond donors (Lipinski definition) is 1. The number of nitrogens with two attached hydrogens (primary N) is 1. The number of para-hydroxylation sites is 1. The Morgan fingerprint density at radius 1 is 1.07 bits per heavy atom. The van der Waals surface area contributed by atoms with Crippen LogP contribution in [0.25, 0.3) is 21.9 Å². The fraction of sp³-hybridized carbons (Fsp3) is 0.433. The van der Waals surface area contributed by atoms with Gasteiger partial charge in [0.25, 0.3) is 11.5 Å². The van der Waals surface area contributed by atoms with E-state index in [0.29, 0.717) is 48.9 Å². The van der Waals surface area contributed by atoms with Gasteiger partial charge >= 0.3 is 5.69 Å². The molecule has 0 aliphatic carbocycles. The summed E-state index contributed by atoms with van der Waals surface area (Å²) in [6, 6.07) is 7.49. The van der Waals surface area contributed by atoms with Crippen LogP contribution in [-0.2, 0) is 20.1 Å². The predicted octanol–water partition coefficient (Wildman–Crippen LogP) is 1.68.